The van der Waals surface area contributed by atoms with Crippen molar-refractivity contribution < 1.29 is 102 Å². The summed E-state index contributed by atoms with van der Waals surface area (Å²) in [6.45, 7) is 22.0. The highest BCUT2D eigenvalue weighted by atomic mass is 32.2. The molecule has 13 rings (SSSR count). The number of alkyl halides is 12. The number of benzene rings is 3. The van der Waals surface area contributed by atoms with E-state index in [2.05, 4.69) is 65.0 Å². The van der Waals surface area contributed by atoms with Crippen molar-refractivity contribution in [1.82, 2.24) is 59.6 Å². The van der Waals surface area contributed by atoms with Gasteiger partial charge in [0.2, 0.25) is 0 Å². The molecular weight excluding hydrogens is 1580 g/mol. The summed E-state index contributed by atoms with van der Waals surface area (Å²) in [5.74, 6) is -5.33. The van der Waals surface area contributed by atoms with Gasteiger partial charge in [0.15, 0.2) is 22.7 Å². The summed E-state index contributed by atoms with van der Waals surface area (Å²) >= 11 is 0. The first-order valence-corrected chi connectivity index (χ1v) is 37.9. The third-order valence-electron chi connectivity index (χ3n) is 20.4. The van der Waals surface area contributed by atoms with E-state index in [1.807, 2.05) is 74.4 Å². The van der Waals surface area contributed by atoms with Crippen molar-refractivity contribution >= 4 is 91.0 Å². The molecule has 3 N–H and O–H groups in total. The van der Waals surface area contributed by atoms with E-state index in [1.165, 1.54) is 49.5 Å². The molecule has 0 radical (unpaired) electrons. The number of aromatic nitrogens is 9. The van der Waals surface area contributed by atoms with Gasteiger partial charge in [-0.05, 0) is 176 Å². The molecule has 10 heterocycles. The lowest BCUT2D eigenvalue weighted by Crippen LogP contribution is -2.41. The predicted octanol–water partition coefficient (Wildman–Crippen LogP) is 16.8. The molecule has 116 heavy (non-hydrogen) atoms. The Kier molecular flexibility index (Phi) is 25.8. The van der Waals surface area contributed by atoms with Crippen LogP contribution in [-0.2, 0) is 38.7 Å². The van der Waals surface area contributed by atoms with Crippen LogP contribution >= 0.6 is 0 Å². The van der Waals surface area contributed by atoms with Crippen molar-refractivity contribution in [2.24, 2.45) is 17.8 Å². The second kappa shape index (κ2) is 34.1. The van der Waals surface area contributed by atoms with Gasteiger partial charge >= 0.3 is 59.4 Å². The van der Waals surface area contributed by atoms with Crippen LogP contribution in [0.25, 0.3) is 55.4 Å². The molecule has 9 aromatic rings. The molecule has 4 aliphatic rings. The van der Waals surface area contributed by atoms with Crippen molar-refractivity contribution in [2.45, 2.75) is 164 Å². The van der Waals surface area contributed by atoms with Crippen LogP contribution in [0.1, 0.15) is 119 Å². The summed E-state index contributed by atoms with van der Waals surface area (Å²) in [4.78, 5) is 79.2. The molecule has 3 atom stereocenters. The zero-order valence-corrected chi connectivity index (χ0v) is 65.7. The number of amides is 6. The smallest absolute Gasteiger partial charge is 0.399 e. The van der Waals surface area contributed by atoms with Gasteiger partial charge in [0.1, 0.15) is 34.9 Å². The maximum atomic E-state index is 14.6. The molecule has 3 aromatic carbocycles. The van der Waals surface area contributed by atoms with Crippen LogP contribution in [0.2, 0.25) is 0 Å². The molecule has 0 aliphatic carbocycles. The normalized spacial score (nSPS) is 17.5. The van der Waals surface area contributed by atoms with E-state index in [0.29, 0.717) is 92.7 Å². The van der Waals surface area contributed by atoms with Crippen LogP contribution in [0.5, 0.6) is 5.75 Å². The van der Waals surface area contributed by atoms with Gasteiger partial charge in [-0.25, -0.2) is 72.4 Å². The Morgan fingerprint density at radius 3 is 1.10 bits per heavy atom. The van der Waals surface area contributed by atoms with Crippen LogP contribution < -0.4 is 25.6 Å². The monoisotopic (exact) mass is 1660 g/mol. The quantitative estimate of drug-likeness (QED) is 0.0470. The van der Waals surface area contributed by atoms with Crippen molar-refractivity contribution in [3.05, 3.63) is 142 Å². The Balaban J connectivity index is 0.000000165. The zero-order chi connectivity index (χ0) is 85.4. The van der Waals surface area contributed by atoms with Crippen LogP contribution in [-0.4, -0.2) is 168 Å². The molecular formula is C76H81BF15N15O8S. The standard InChI is InChI=1S/2C23H23F4N5O.C19H25BF4N2O3.C11H10F3N3O3S/c2*1-4-20-28-10-14-8-17(13(3)29-21(14)31-20)16-9-19(18(24)7-12(16)2)30-22(33)32-6-5-15(11-32)23(25,26)27;1-11-8-14(21)15(9-13(11)20-28-17(2,3)18(4,5)29-20)25-16(27)26-7-6-12(10-26)19(22,23)24;1-3-9-15-5-7-4-8(6(2)16-10(7)17-9)20-21(18,19)11(12,13)14/h2*7-10,15H,4-6,11H2,1-3H3,(H,30,33);8-9,12H,6-7,10H2,1-5H3,(H,25,27);4-5H,3H2,1-2H3/t15-;;;/m0.../s1. The number of nitrogens with one attached hydrogen (secondary N) is 3. The van der Waals surface area contributed by atoms with E-state index in [9.17, 15) is 88.7 Å². The first-order chi connectivity index (χ1) is 54.0. The highest BCUT2D eigenvalue weighted by Crippen LogP contribution is 2.41. The van der Waals surface area contributed by atoms with Gasteiger partial charge in [-0.1, -0.05) is 20.8 Å². The molecule has 4 saturated heterocycles. The summed E-state index contributed by atoms with van der Waals surface area (Å²) in [6.07, 6.45) is -6.92. The topological polar surface area (TPSA) is 275 Å². The first-order valence-electron chi connectivity index (χ1n) is 36.5. The first kappa shape index (κ1) is 88.0. The Morgan fingerprint density at radius 2 is 0.784 bits per heavy atom. The summed E-state index contributed by atoms with van der Waals surface area (Å²) in [5.41, 5.74) is 0.800. The van der Waals surface area contributed by atoms with Gasteiger partial charge in [-0.15, -0.1) is 0 Å². The summed E-state index contributed by atoms with van der Waals surface area (Å²) in [5, 5.41) is 8.98. The van der Waals surface area contributed by atoms with E-state index in [0.717, 1.165) is 42.7 Å². The third kappa shape index (κ3) is 20.2. The van der Waals surface area contributed by atoms with Crippen LogP contribution in [0.3, 0.4) is 0 Å². The van der Waals surface area contributed by atoms with Gasteiger partial charge in [0, 0.05) is 116 Å². The van der Waals surface area contributed by atoms with Crippen LogP contribution in [0, 0.1) is 76.7 Å². The molecule has 0 saturated carbocycles. The number of hydrogen-bond acceptors (Lipinski definition) is 17. The van der Waals surface area contributed by atoms with E-state index in [-0.39, 0.29) is 72.7 Å². The van der Waals surface area contributed by atoms with Crippen molar-refractivity contribution in [1.29, 1.82) is 0 Å². The number of halogens is 15. The summed E-state index contributed by atoms with van der Waals surface area (Å²) in [6, 6.07) is 10.7. The fraction of sp³-hybridized carbons (Fsp3) is 0.447. The van der Waals surface area contributed by atoms with Gasteiger partial charge in [-0.2, -0.15) is 61.1 Å². The van der Waals surface area contributed by atoms with Crippen molar-refractivity contribution in [3.63, 3.8) is 0 Å². The molecule has 23 nitrogen and oxygen atoms in total. The molecule has 4 aliphatic heterocycles. The Bertz CT molecular complexity index is 5150. The number of fused-ring (bicyclic) bond motifs is 3. The number of hydrogen-bond donors (Lipinski definition) is 3. The second-order valence-electron chi connectivity index (χ2n) is 29.2. The fourth-order valence-corrected chi connectivity index (χ4v) is 13.4. The lowest BCUT2D eigenvalue weighted by molar-refractivity contribution is -0.170. The average Bonchev–Trinajstić information content (AvgIpc) is 1.55. The Morgan fingerprint density at radius 1 is 0.466 bits per heavy atom. The number of carbonyl (C=O) groups excluding carboxylic acids is 3. The number of anilines is 3. The van der Waals surface area contributed by atoms with Gasteiger partial charge < -0.3 is 44.1 Å². The SMILES string of the molecule is CCc1ncc2cc(-c3cc(NC(=O)N4CCC(C(F)(F)F)C4)c(F)cc3C)c(C)nc2n1.CCc1ncc2cc(-c3cc(NC(=O)N4CC[C@H](C(F)(F)F)C4)c(F)cc3C)c(C)nc2n1.CCc1ncc2cc(OS(=O)(=O)C(F)(F)F)c(C)nc2n1.Cc1cc(F)c(NC(=O)N2CCC(C(F)(F)F)C2)cc1B1OC(C)(C)C(C)(C)O1. The molecule has 2 unspecified atom stereocenters. The Labute approximate surface area is 656 Å². The van der Waals surface area contributed by atoms with Crippen LogP contribution in [0.15, 0.2) is 73.2 Å². The molecule has 6 aromatic heterocycles. The molecule has 0 spiro atoms. The number of urea groups is 3. The van der Waals surface area contributed by atoms with Crippen LogP contribution in [0.4, 0.5) is 97.3 Å². The average molecular weight is 1660 g/mol. The van der Waals surface area contributed by atoms with E-state index in [1.54, 1.807) is 33.2 Å². The second-order valence-corrected chi connectivity index (χ2v) is 30.8. The van der Waals surface area contributed by atoms with E-state index in [4.69, 9.17) is 9.31 Å². The van der Waals surface area contributed by atoms with Gasteiger partial charge in [-0.3, -0.25) is 0 Å². The largest absolute Gasteiger partial charge is 0.534 e. The minimum absolute atomic E-state index is 0.0175. The Hall–Kier alpha value is -10.4. The molecule has 622 valence electrons. The number of likely N-dealkylation sites (tertiary alicyclic amines) is 3. The molecule has 4 fully saturated rings. The van der Waals surface area contributed by atoms with E-state index < -0.39 is 131 Å². The maximum absolute atomic E-state index is 14.6. The minimum Gasteiger partial charge on any atom is -0.399 e. The third-order valence-corrected chi connectivity index (χ3v) is 21.4. The lowest BCUT2D eigenvalue weighted by atomic mass is 9.76. The zero-order valence-electron chi connectivity index (χ0n) is 64.9. The number of rotatable bonds is 11. The summed E-state index contributed by atoms with van der Waals surface area (Å²) < 4.78 is 235. The molecule has 6 amide bonds. The van der Waals surface area contributed by atoms with Gasteiger partial charge in [0.25, 0.3) is 0 Å². The van der Waals surface area contributed by atoms with Crippen molar-refractivity contribution in [3.8, 4) is 28.0 Å². The number of pyridine rings is 3. The molecule has 40 heteroatoms. The predicted molar refractivity (Wildman–Crippen MR) is 401 cm³/mol. The minimum atomic E-state index is -5.74. The van der Waals surface area contributed by atoms with E-state index >= 15 is 0 Å². The molecule has 0 bridgehead atoms. The summed E-state index contributed by atoms with van der Waals surface area (Å²) in [7, 11) is -6.49. The van der Waals surface area contributed by atoms with Crippen molar-refractivity contribution in [2.75, 3.05) is 55.2 Å². The fourth-order valence-electron chi connectivity index (χ4n) is 12.9. The number of aryl methyl sites for hydroxylation is 9. The maximum Gasteiger partial charge on any atom is 0.534 e. The van der Waals surface area contributed by atoms with Gasteiger partial charge in [0.05, 0.1) is 51.7 Å². The highest BCUT2D eigenvalue weighted by Gasteiger charge is 2.53. The highest BCUT2D eigenvalue weighted by molar-refractivity contribution is 7.88. The number of carbonyl (C=O) groups is 3. The lowest BCUT2D eigenvalue weighted by Gasteiger charge is -2.32. The number of nitrogens with zero attached hydrogens (tertiary/aromatic N) is 12.